The molecule has 0 unspecified atom stereocenters. The van der Waals surface area contributed by atoms with Gasteiger partial charge in [-0.15, -0.1) is 0 Å². The van der Waals surface area contributed by atoms with Gasteiger partial charge in [-0.2, -0.15) is 0 Å². The van der Waals surface area contributed by atoms with Crippen LogP contribution in [-0.2, 0) is 9.84 Å². The minimum absolute atomic E-state index is 0.0164. The van der Waals surface area contributed by atoms with Crippen LogP contribution in [0.5, 0.6) is 5.75 Å². The smallest absolute Gasteiger partial charge is 0.178 e. The van der Waals surface area contributed by atoms with Gasteiger partial charge in [0.1, 0.15) is 11.6 Å². The van der Waals surface area contributed by atoms with Crippen molar-refractivity contribution in [3.63, 3.8) is 0 Å². The van der Waals surface area contributed by atoms with Gasteiger partial charge in [-0.25, -0.2) is 12.8 Å². The van der Waals surface area contributed by atoms with Crippen LogP contribution in [0.2, 0.25) is 0 Å². The van der Waals surface area contributed by atoms with Crippen molar-refractivity contribution in [1.82, 2.24) is 4.90 Å². The van der Waals surface area contributed by atoms with Gasteiger partial charge in [0.25, 0.3) is 0 Å². The summed E-state index contributed by atoms with van der Waals surface area (Å²) < 4.78 is 39.1. The molecule has 0 bridgehead atoms. The van der Waals surface area contributed by atoms with E-state index in [1.54, 1.807) is 19.1 Å². The molecule has 6 heteroatoms. The van der Waals surface area contributed by atoms with Gasteiger partial charge in [-0.3, -0.25) is 0 Å². The Hall–Kier alpha value is -1.92. The number of benzene rings is 2. The minimum atomic E-state index is -3.52. The van der Waals surface area contributed by atoms with E-state index >= 15 is 0 Å². The van der Waals surface area contributed by atoms with Crippen LogP contribution in [0.1, 0.15) is 38.7 Å². The second-order valence-electron chi connectivity index (χ2n) is 7.02. The minimum Gasteiger partial charge on any atom is -0.507 e. The fraction of sp³-hybridized carbons (Fsp3) is 0.455. The molecule has 28 heavy (non-hydrogen) atoms. The molecule has 0 aliphatic carbocycles. The Morgan fingerprint density at radius 3 is 2.43 bits per heavy atom. The van der Waals surface area contributed by atoms with E-state index in [9.17, 15) is 17.9 Å². The van der Waals surface area contributed by atoms with Crippen molar-refractivity contribution < 1.29 is 17.9 Å². The molecule has 0 aromatic heterocycles. The Bertz CT molecular complexity index is 891. The number of hydrogen-bond acceptors (Lipinski definition) is 4. The largest absolute Gasteiger partial charge is 0.507 e. The second kappa shape index (κ2) is 10.0. The molecule has 0 saturated heterocycles. The first-order chi connectivity index (χ1) is 13.3. The van der Waals surface area contributed by atoms with E-state index in [-0.39, 0.29) is 22.2 Å². The summed E-state index contributed by atoms with van der Waals surface area (Å²) in [6.07, 6.45) is 2.61. The number of phenolic OH excluding ortho intramolecular Hbond substituents is 1. The molecule has 4 nitrogen and oxygen atoms in total. The van der Waals surface area contributed by atoms with E-state index in [2.05, 4.69) is 24.8 Å². The van der Waals surface area contributed by atoms with E-state index in [1.165, 1.54) is 18.2 Å². The summed E-state index contributed by atoms with van der Waals surface area (Å²) >= 11 is 0. The molecule has 0 atom stereocenters. The quantitative estimate of drug-likeness (QED) is 0.627. The molecule has 153 valence electrons. The van der Waals surface area contributed by atoms with Gasteiger partial charge >= 0.3 is 0 Å². The molecule has 1 N–H and O–H groups in total. The first-order valence-corrected chi connectivity index (χ1v) is 11.4. The maximum atomic E-state index is 13.8. The summed E-state index contributed by atoms with van der Waals surface area (Å²) in [5, 5.41) is 10.4. The van der Waals surface area contributed by atoms with Gasteiger partial charge in [0.2, 0.25) is 0 Å². The molecular weight excluding hydrogens is 377 g/mol. The molecule has 0 spiro atoms. The van der Waals surface area contributed by atoms with E-state index in [0.717, 1.165) is 32.5 Å². The third kappa shape index (κ3) is 5.55. The molecule has 2 aromatic carbocycles. The van der Waals surface area contributed by atoms with Crippen molar-refractivity contribution in [2.45, 2.75) is 44.9 Å². The van der Waals surface area contributed by atoms with Gasteiger partial charge in [-0.05, 0) is 81.2 Å². The molecule has 0 aliphatic rings. The van der Waals surface area contributed by atoms with Crippen molar-refractivity contribution in [2.75, 3.05) is 25.4 Å². The van der Waals surface area contributed by atoms with E-state index < -0.39 is 9.84 Å². The molecule has 1 radical (unpaired) electrons. The molecule has 0 aliphatic heterocycles. The zero-order valence-corrected chi connectivity index (χ0v) is 17.7. The SMILES string of the molecule is CCCN(CCC)CCCS(=O)(=O)c1c[c]c(-c2cccc(F)c2C)c(O)c1. The average molecular weight is 407 g/mol. The summed E-state index contributed by atoms with van der Waals surface area (Å²) in [5.74, 6) is -0.582. The van der Waals surface area contributed by atoms with Gasteiger partial charge in [0.05, 0.1) is 10.6 Å². The van der Waals surface area contributed by atoms with Crippen LogP contribution in [0.15, 0.2) is 35.2 Å². The number of halogens is 1. The Morgan fingerprint density at radius 1 is 1.14 bits per heavy atom. The molecule has 0 fully saturated rings. The van der Waals surface area contributed by atoms with E-state index in [1.807, 2.05) is 0 Å². The second-order valence-corrected chi connectivity index (χ2v) is 9.13. The van der Waals surface area contributed by atoms with Crippen LogP contribution in [-0.4, -0.2) is 43.8 Å². The highest BCUT2D eigenvalue weighted by Gasteiger charge is 2.18. The van der Waals surface area contributed by atoms with Crippen molar-refractivity contribution in [3.05, 3.63) is 47.8 Å². The lowest BCUT2D eigenvalue weighted by Gasteiger charge is -2.20. The molecule has 2 rings (SSSR count). The summed E-state index contributed by atoms with van der Waals surface area (Å²) in [5.41, 5.74) is 1.18. The maximum absolute atomic E-state index is 13.8. The van der Waals surface area contributed by atoms with Crippen LogP contribution in [0.25, 0.3) is 11.1 Å². The molecular formula is C22H29FNO3S. The highest BCUT2D eigenvalue weighted by atomic mass is 32.2. The van der Waals surface area contributed by atoms with Gasteiger partial charge < -0.3 is 10.0 Å². The Labute approximate surface area is 167 Å². The fourth-order valence-corrected chi connectivity index (χ4v) is 4.58. The predicted octanol–water partition coefficient (Wildman–Crippen LogP) is 4.59. The molecule has 0 heterocycles. The van der Waals surface area contributed by atoms with Crippen LogP contribution >= 0.6 is 0 Å². The van der Waals surface area contributed by atoms with E-state index in [0.29, 0.717) is 23.1 Å². The van der Waals surface area contributed by atoms with Crippen molar-refractivity contribution >= 4 is 9.84 Å². The highest BCUT2D eigenvalue weighted by molar-refractivity contribution is 7.91. The molecule has 0 amide bonds. The molecule has 2 aromatic rings. The van der Waals surface area contributed by atoms with Crippen LogP contribution < -0.4 is 0 Å². The monoisotopic (exact) mass is 406 g/mol. The van der Waals surface area contributed by atoms with Crippen molar-refractivity contribution in [3.8, 4) is 16.9 Å². The first kappa shape index (κ1) is 22.4. The zero-order chi connectivity index (χ0) is 20.7. The lowest BCUT2D eigenvalue weighted by molar-refractivity contribution is 0.275. The van der Waals surface area contributed by atoms with Crippen LogP contribution in [0, 0.1) is 18.8 Å². The number of nitrogens with zero attached hydrogens (tertiary/aromatic N) is 1. The lowest BCUT2D eigenvalue weighted by Crippen LogP contribution is -2.28. The van der Waals surface area contributed by atoms with Gasteiger partial charge in [-0.1, -0.05) is 26.0 Å². The van der Waals surface area contributed by atoms with Crippen molar-refractivity contribution in [2.24, 2.45) is 0 Å². The summed E-state index contributed by atoms with van der Waals surface area (Å²) in [6, 6.07) is 10.00. The lowest BCUT2D eigenvalue weighted by atomic mass is 9.99. The number of rotatable bonds is 10. The number of sulfone groups is 1. The number of phenols is 1. The Kier molecular flexibility index (Phi) is 8.01. The zero-order valence-electron chi connectivity index (χ0n) is 16.8. The topological polar surface area (TPSA) is 57.6 Å². The van der Waals surface area contributed by atoms with Crippen LogP contribution in [0.4, 0.5) is 4.39 Å². The van der Waals surface area contributed by atoms with Gasteiger partial charge in [0.15, 0.2) is 9.84 Å². The number of hydrogen-bond donors (Lipinski definition) is 1. The average Bonchev–Trinajstić information content (AvgIpc) is 2.64. The summed E-state index contributed by atoms with van der Waals surface area (Å²) in [7, 11) is -3.52. The normalized spacial score (nSPS) is 11.9. The predicted molar refractivity (Wildman–Crippen MR) is 111 cm³/mol. The van der Waals surface area contributed by atoms with Crippen LogP contribution in [0.3, 0.4) is 0 Å². The van der Waals surface area contributed by atoms with Gasteiger partial charge in [0, 0.05) is 5.56 Å². The molecule has 0 saturated carbocycles. The first-order valence-electron chi connectivity index (χ1n) is 9.75. The highest BCUT2D eigenvalue weighted by Crippen LogP contribution is 2.33. The van der Waals surface area contributed by atoms with Crippen molar-refractivity contribution in [1.29, 1.82) is 0 Å². The van der Waals surface area contributed by atoms with E-state index in [4.69, 9.17) is 0 Å². The fourth-order valence-electron chi connectivity index (χ4n) is 3.30. The Morgan fingerprint density at radius 2 is 1.82 bits per heavy atom. The third-order valence-corrected chi connectivity index (χ3v) is 6.54. The Balaban J connectivity index is 2.14. The standard InChI is InChI=1S/C22H29FNO3S/c1-4-12-24(13-5-2)14-7-15-28(26,27)18-10-11-20(22(25)16-18)19-8-6-9-21(23)17(19)3/h6,8-10,16,25H,4-5,7,12-15H2,1-3H3. The summed E-state index contributed by atoms with van der Waals surface area (Å²) in [4.78, 5) is 2.31. The number of aromatic hydroxyl groups is 1. The maximum Gasteiger partial charge on any atom is 0.178 e. The summed E-state index contributed by atoms with van der Waals surface area (Å²) in [6.45, 7) is 8.49. The third-order valence-electron chi connectivity index (χ3n) is 4.76.